The number of hydrogen-bond acceptors (Lipinski definition) is 2. The molecule has 0 aromatic heterocycles. The maximum Gasteiger partial charge on any atom is 0.326 e. The lowest BCUT2D eigenvalue weighted by molar-refractivity contribution is -0.139. The quantitative estimate of drug-likeness (QED) is 0.788. The van der Waals surface area contributed by atoms with Crippen LogP contribution in [0.5, 0.6) is 0 Å². The van der Waals surface area contributed by atoms with Gasteiger partial charge in [-0.1, -0.05) is 20.3 Å². The number of urea groups is 1. The van der Waals surface area contributed by atoms with E-state index in [1.54, 1.807) is 4.90 Å². The molecule has 0 aliphatic carbocycles. The molecular formula is C12H22N2O3. The van der Waals surface area contributed by atoms with Gasteiger partial charge in [-0.05, 0) is 25.2 Å². The summed E-state index contributed by atoms with van der Waals surface area (Å²) in [5.41, 5.74) is 0. The first-order valence-electron chi connectivity index (χ1n) is 6.32. The largest absolute Gasteiger partial charge is 0.480 e. The Hall–Kier alpha value is -1.26. The Kier molecular flexibility index (Phi) is 5.25. The van der Waals surface area contributed by atoms with Crippen LogP contribution in [0, 0.1) is 5.92 Å². The summed E-state index contributed by atoms with van der Waals surface area (Å²) < 4.78 is 0. The molecule has 0 aromatic carbocycles. The SMILES string of the molecule is CCCC(NC(=O)N1CCCC(C)C1)C(=O)O. The second-order valence-electron chi connectivity index (χ2n) is 4.82. The number of piperidine rings is 1. The molecule has 0 radical (unpaired) electrons. The molecule has 0 bridgehead atoms. The van der Waals surface area contributed by atoms with Crippen LogP contribution in [-0.4, -0.2) is 41.1 Å². The molecule has 2 N–H and O–H groups in total. The van der Waals surface area contributed by atoms with Crippen LogP contribution >= 0.6 is 0 Å². The van der Waals surface area contributed by atoms with Gasteiger partial charge < -0.3 is 15.3 Å². The second-order valence-corrected chi connectivity index (χ2v) is 4.82. The molecular weight excluding hydrogens is 220 g/mol. The van der Waals surface area contributed by atoms with Crippen LogP contribution in [0.1, 0.15) is 39.5 Å². The average Bonchev–Trinajstić information content (AvgIpc) is 2.28. The number of carbonyl (C=O) groups is 2. The van der Waals surface area contributed by atoms with Gasteiger partial charge in [0.15, 0.2) is 0 Å². The van der Waals surface area contributed by atoms with Crippen molar-refractivity contribution in [3.05, 3.63) is 0 Å². The molecule has 0 spiro atoms. The van der Waals surface area contributed by atoms with Crippen molar-refractivity contribution in [3.8, 4) is 0 Å². The van der Waals surface area contributed by atoms with E-state index in [1.807, 2.05) is 6.92 Å². The van der Waals surface area contributed by atoms with Gasteiger partial charge in [0.1, 0.15) is 6.04 Å². The zero-order valence-corrected chi connectivity index (χ0v) is 10.6. The van der Waals surface area contributed by atoms with Crippen molar-refractivity contribution in [1.82, 2.24) is 10.2 Å². The fraction of sp³-hybridized carbons (Fsp3) is 0.833. The summed E-state index contributed by atoms with van der Waals surface area (Å²) in [6.07, 6.45) is 3.36. The van der Waals surface area contributed by atoms with Crippen LogP contribution in [0.25, 0.3) is 0 Å². The molecule has 1 saturated heterocycles. The van der Waals surface area contributed by atoms with E-state index in [0.29, 0.717) is 12.3 Å². The Morgan fingerprint density at radius 3 is 2.76 bits per heavy atom. The third-order valence-corrected chi connectivity index (χ3v) is 3.12. The first-order valence-corrected chi connectivity index (χ1v) is 6.32. The highest BCUT2D eigenvalue weighted by molar-refractivity contribution is 5.82. The van der Waals surface area contributed by atoms with Crippen LogP contribution in [0.4, 0.5) is 4.79 Å². The lowest BCUT2D eigenvalue weighted by Gasteiger charge is -2.31. The number of likely N-dealkylation sites (tertiary alicyclic amines) is 1. The Morgan fingerprint density at radius 1 is 1.53 bits per heavy atom. The Bertz CT molecular complexity index is 281. The number of aliphatic carboxylic acids is 1. The summed E-state index contributed by atoms with van der Waals surface area (Å²) in [6, 6.07) is -0.998. The summed E-state index contributed by atoms with van der Waals surface area (Å²) >= 11 is 0. The molecule has 1 rings (SSSR count). The smallest absolute Gasteiger partial charge is 0.326 e. The number of carboxylic acid groups (broad SMARTS) is 1. The maximum absolute atomic E-state index is 11.9. The summed E-state index contributed by atoms with van der Waals surface area (Å²) in [5, 5.41) is 11.6. The molecule has 98 valence electrons. The molecule has 1 fully saturated rings. The van der Waals surface area contributed by atoms with E-state index in [0.717, 1.165) is 32.4 Å². The molecule has 17 heavy (non-hydrogen) atoms. The molecule has 5 nitrogen and oxygen atoms in total. The Morgan fingerprint density at radius 2 is 2.24 bits per heavy atom. The van der Waals surface area contributed by atoms with E-state index < -0.39 is 12.0 Å². The van der Waals surface area contributed by atoms with Gasteiger partial charge in [-0.25, -0.2) is 9.59 Å². The maximum atomic E-state index is 11.9. The average molecular weight is 242 g/mol. The molecule has 2 unspecified atom stereocenters. The van der Waals surface area contributed by atoms with Crippen molar-refractivity contribution in [3.63, 3.8) is 0 Å². The zero-order valence-electron chi connectivity index (χ0n) is 10.6. The number of rotatable bonds is 4. The molecule has 1 aliphatic heterocycles. The minimum atomic E-state index is -0.953. The van der Waals surface area contributed by atoms with Crippen LogP contribution in [0.15, 0.2) is 0 Å². The predicted molar refractivity (Wildman–Crippen MR) is 64.8 cm³/mol. The van der Waals surface area contributed by atoms with Crippen LogP contribution in [0.3, 0.4) is 0 Å². The van der Waals surface area contributed by atoms with Crippen LogP contribution in [-0.2, 0) is 4.79 Å². The third kappa shape index (κ3) is 4.24. The number of carboxylic acids is 1. The van der Waals surface area contributed by atoms with E-state index in [-0.39, 0.29) is 6.03 Å². The standard InChI is InChI=1S/C12H22N2O3/c1-3-5-10(11(15)16)13-12(17)14-7-4-6-9(2)8-14/h9-10H,3-8H2,1-2H3,(H,13,17)(H,15,16). The van der Waals surface area contributed by atoms with E-state index >= 15 is 0 Å². The zero-order chi connectivity index (χ0) is 12.8. The fourth-order valence-electron chi connectivity index (χ4n) is 2.16. The molecule has 0 aromatic rings. The van der Waals surface area contributed by atoms with Crippen molar-refractivity contribution in [2.75, 3.05) is 13.1 Å². The normalized spacial score (nSPS) is 22.0. The van der Waals surface area contributed by atoms with Gasteiger partial charge in [0.05, 0.1) is 0 Å². The molecule has 0 saturated carbocycles. The van der Waals surface area contributed by atoms with Gasteiger partial charge in [-0.2, -0.15) is 0 Å². The molecule has 1 heterocycles. The predicted octanol–water partition coefficient (Wildman–Crippen LogP) is 1.68. The highest BCUT2D eigenvalue weighted by Gasteiger charge is 2.25. The molecule has 2 amide bonds. The topological polar surface area (TPSA) is 69.6 Å². The monoisotopic (exact) mass is 242 g/mol. The van der Waals surface area contributed by atoms with Gasteiger partial charge >= 0.3 is 12.0 Å². The molecule has 5 heteroatoms. The number of amides is 2. The van der Waals surface area contributed by atoms with Crippen molar-refractivity contribution in [2.24, 2.45) is 5.92 Å². The summed E-state index contributed by atoms with van der Waals surface area (Å²) in [6.45, 7) is 5.48. The first-order chi connectivity index (χ1) is 8.04. The Labute approximate surface area is 102 Å². The van der Waals surface area contributed by atoms with Gasteiger partial charge in [0.25, 0.3) is 0 Å². The second kappa shape index (κ2) is 6.47. The lowest BCUT2D eigenvalue weighted by Crippen LogP contribution is -2.50. The first kappa shape index (κ1) is 13.8. The van der Waals surface area contributed by atoms with Crippen LogP contribution < -0.4 is 5.32 Å². The summed E-state index contributed by atoms with van der Waals surface area (Å²) in [4.78, 5) is 24.5. The number of carbonyl (C=O) groups excluding carboxylic acids is 1. The molecule has 1 aliphatic rings. The fourth-order valence-corrected chi connectivity index (χ4v) is 2.16. The van der Waals surface area contributed by atoms with Crippen molar-refractivity contribution >= 4 is 12.0 Å². The molecule has 2 atom stereocenters. The Balaban J connectivity index is 2.48. The van der Waals surface area contributed by atoms with Gasteiger partial charge in [-0.15, -0.1) is 0 Å². The van der Waals surface area contributed by atoms with E-state index in [2.05, 4.69) is 12.2 Å². The number of hydrogen-bond donors (Lipinski definition) is 2. The van der Waals surface area contributed by atoms with E-state index in [9.17, 15) is 9.59 Å². The lowest BCUT2D eigenvalue weighted by atomic mass is 10.0. The van der Waals surface area contributed by atoms with Crippen molar-refractivity contribution in [1.29, 1.82) is 0 Å². The third-order valence-electron chi connectivity index (χ3n) is 3.12. The number of nitrogens with one attached hydrogen (secondary N) is 1. The van der Waals surface area contributed by atoms with Crippen molar-refractivity contribution in [2.45, 2.75) is 45.6 Å². The summed E-state index contributed by atoms with van der Waals surface area (Å²) in [5.74, 6) is -0.450. The minimum Gasteiger partial charge on any atom is -0.480 e. The highest BCUT2D eigenvalue weighted by Crippen LogP contribution is 2.15. The van der Waals surface area contributed by atoms with Gasteiger partial charge in [0, 0.05) is 13.1 Å². The minimum absolute atomic E-state index is 0.239. The van der Waals surface area contributed by atoms with E-state index in [1.165, 1.54) is 0 Å². The highest BCUT2D eigenvalue weighted by atomic mass is 16.4. The van der Waals surface area contributed by atoms with E-state index in [4.69, 9.17) is 5.11 Å². The van der Waals surface area contributed by atoms with Gasteiger partial charge in [0.2, 0.25) is 0 Å². The van der Waals surface area contributed by atoms with Crippen LogP contribution in [0.2, 0.25) is 0 Å². The van der Waals surface area contributed by atoms with Crippen molar-refractivity contribution < 1.29 is 14.7 Å². The number of nitrogens with zero attached hydrogens (tertiary/aromatic N) is 1. The summed E-state index contributed by atoms with van der Waals surface area (Å²) in [7, 11) is 0. The van der Waals surface area contributed by atoms with Gasteiger partial charge in [-0.3, -0.25) is 0 Å².